The summed E-state index contributed by atoms with van der Waals surface area (Å²) in [5.41, 5.74) is 20.8. The standard InChI is InChI=1S/C72H48N6/c1-70(2)54-26-14-8-20-40(54)46-32-49-43-23-11-17-29-60(43)76(63(49)35-57(46)70)67-52(38-73)68(77-61-30-18-12-24-44(61)50-33-47-41-21-9-15-27-55(41)71(3,4)58(47)36-64(50)77)66(75-7)69(53(67)39-74)78-62-31-19-13-25-45(62)51-34-48-42-22-10-16-28-56(42)72(5,6)59(48)37-65(51)78/h8-37H,1-6H3. The summed E-state index contributed by atoms with van der Waals surface area (Å²) >= 11 is 0. The molecule has 3 heterocycles. The third-order valence-electron chi connectivity index (χ3n) is 18.5. The van der Waals surface area contributed by atoms with E-state index >= 15 is 0 Å². The maximum atomic E-state index is 12.4. The summed E-state index contributed by atoms with van der Waals surface area (Å²) in [6.45, 7) is 23.4. The molecule has 0 fully saturated rings. The molecule has 10 aromatic carbocycles. The van der Waals surface area contributed by atoms with Gasteiger partial charge in [-0.25, -0.2) is 4.85 Å². The Morgan fingerprint density at radius 2 is 0.628 bits per heavy atom. The second-order valence-corrected chi connectivity index (χ2v) is 23.3. The van der Waals surface area contributed by atoms with Crippen LogP contribution in [0.4, 0.5) is 5.69 Å². The zero-order chi connectivity index (χ0) is 52.9. The highest BCUT2D eigenvalue weighted by molar-refractivity contribution is 6.17. The second kappa shape index (κ2) is 14.9. The van der Waals surface area contributed by atoms with Crippen LogP contribution < -0.4 is 0 Å². The van der Waals surface area contributed by atoms with Crippen molar-refractivity contribution in [3.8, 4) is 62.6 Å². The Balaban J connectivity index is 1.12. The summed E-state index contributed by atoms with van der Waals surface area (Å²) in [6, 6.07) is 70.6. The number of hydrogen-bond acceptors (Lipinski definition) is 2. The summed E-state index contributed by atoms with van der Waals surface area (Å²) in [5, 5.41) is 30.8. The van der Waals surface area contributed by atoms with E-state index in [9.17, 15) is 17.1 Å². The summed E-state index contributed by atoms with van der Waals surface area (Å²) < 4.78 is 6.54. The van der Waals surface area contributed by atoms with Crippen LogP contribution in [0, 0.1) is 29.2 Å². The number of hydrogen-bond donors (Lipinski definition) is 0. The van der Waals surface area contributed by atoms with Crippen molar-refractivity contribution in [2.24, 2.45) is 0 Å². The van der Waals surface area contributed by atoms with Crippen molar-refractivity contribution in [1.29, 1.82) is 10.5 Å². The molecule has 6 heteroatoms. The van der Waals surface area contributed by atoms with Gasteiger partial charge in [-0.1, -0.05) is 169 Å². The van der Waals surface area contributed by atoms with Crippen LogP contribution in [0.1, 0.15) is 86.1 Å². The van der Waals surface area contributed by atoms with Crippen LogP contribution in [0.15, 0.2) is 182 Å². The molecule has 0 bridgehead atoms. The Kier molecular flexibility index (Phi) is 8.49. The van der Waals surface area contributed by atoms with E-state index in [0.717, 1.165) is 65.4 Å². The molecule has 0 atom stereocenters. The van der Waals surface area contributed by atoms with Crippen molar-refractivity contribution in [3.63, 3.8) is 0 Å². The van der Waals surface area contributed by atoms with Crippen molar-refractivity contribution >= 4 is 71.1 Å². The van der Waals surface area contributed by atoms with E-state index in [1.165, 1.54) is 66.8 Å². The summed E-state index contributed by atoms with van der Waals surface area (Å²) in [7, 11) is 0. The van der Waals surface area contributed by atoms with Gasteiger partial charge >= 0.3 is 0 Å². The summed E-state index contributed by atoms with van der Waals surface area (Å²) in [4.78, 5) is 4.63. The number of fused-ring (bicyclic) bond motifs is 18. The van der Waals surface area contributed by atoms with Crippen molar-refractivity contribution in [2.75, 3.05) is 0 Å². The predicted octanol–water partition coefficient (Wildman–Crippen LogP) is 18.2. The molecule has 0 N–H and O–H groups in total. The van der Waals surface area contributed by atoms with Gasteiger partial charge in [0.1, 0.15) is 12.1 Å². The third kappa shape index (κ3) is 5.29. The first-order valence-electron chi connectivity index (χ1n) is 26.8. The fraction of sp³-hybridized carbons (Fsp3) is 0.125. The molecule has 78 heavy (non-hydrogen) atoms. The quantitative estimate of drug-likeness (QED) is 0.166. The Labute approximate surface area is 451 Å². The van der Waals surface area contributed by atoms with Crippen LogP contribution in [0.25, 0.3) is 121 Å². The van der Waals surface area contributed by atoms with Crippen molar-refractivity contribution in [2.45, 2.75) is 57.8 Å². The van der Waals surface area contributed by atoms with Gasteiger partial charge in [0, 0.05) is 48.6 Å². The minimum absolute atomic E-state index is 0.224. The predicted molar refractivity (Wildman–Crippen MR) is 318 cm³/mol. The van der Waals surface area contributed by atoms with Gasteiger partial charge in [-0.3, -0.25) is 0 Å². The van der Waals surface area contributed by atoms with Gasteiger partial charge in [0.15, 0.2) is 0 Å². The fourth-order valence-corrected chi connectivity index (χ4v) is 14.9. The van der Waals surface area contributed by atoms with Gasteiger partial charge in [0.2, 0.25) is 5.69 Å². The Hall–Kier alpha value is -9.93. The third-order valence-corrected chi connectivity index (χ3v) is 18.5. The highest BCUT2D eigenvalue weighted by Gasteiger charge is 2.41. The summed E-state index contributed by atoms with van der Waals surface area (Å²) in [5.74, 6) is 0. The molecular weight excluding hydrogens is 949 g/mol. The molecule has 3 aliphatic rings. The first-order valence-corrected chi connectivity index (χ1v) is 26.8. The van der Waals surface area contributed by atoms with Gasteiger partial charge in [0.25, 0.3) is 0 Å². The van der Waals surface area contributed by atoms with Gasteiger partial charge in [0.05, 0.1) is 67.9 Å². The number of rotatable bonds is 3. The molecule has 0 saturated carbocycles. The van der Waals surface area contributed by atoms with Crippen LogP contribution in [0.5, 0.6) is 0 Å². The molecule has 13 aromatic rings. The molecule has 3 aromatic heterocycles. The highest BCUT2D eigenvalue weighted by Crippen LogP contribution is 2.56. The largest absolute Gasteiger partial charge is 0.318 e. The average molecular weight is 997 g/mol. The molecule has 6 nitrogen and oxygen atoms in total. The average Bonchev–Trinajstić information content (AvgIpc) is 4.04. The number of nitriles is 2. The molecule has 366 valence electrons. The molecule has 16 rings (SSSR count). The second-order valence-electron chi connectivity index (χ2n) is 23.3. The van der Waals surface area contributed by atoms with E-state index in [2.05, 4.69) is 236 Å². The summed E-state index contributed by atoms with van der Waals surface area (Å²) in [6.07, 6.45) is 0. The number of para-hydroxylation sites is 3. The van der Waals surface area contributed by atoms with Gasteiger partial charge in [-0.15, -0.1) is 0 Å². The number of nitrogens with zero attached hydrogens (tertiary/aromatic N) is 6. The van der Waals surface area contributed by atoms with Gasteiger partial charge in [-0.05, 0) is 121 Å². The van der Waals surface area contributed by atoms with Crippen molar-refractivity contribution in [1.82, 2.24) is 13.7 Å². The molecule has 0 saturated heterocycles. The minimum atomic E-state index is -0.338. The monoisotopic (exact) mass is 996 g/mol. The lowest BCUT2D eigenvalue weighted by Crippen LogP contribution is -2.16. The van der Waals surface area contributed by atoms with Crippen molar-refractivity contribution < 1.29 is 0 Å². The zero-order valence-corrected chi connectivity index (χ0v) is 44.0. The van der Waals surface area contributed by atoms with Gasteiger partial charge in [-0.2, -0.15) is 10.5 Å². The maximum absolute atomic E-state index is 12.4. The Morgan fingerprint density at radius 1 is 0.333 bits per heavy atom. The molecule has 0 spiro atoms. The van der Waals surface area contributed by atoms with Crippen LogP contribution >= 0.6 is 0 Å². The molecule has 0 unspecified atom stereocenters. The lowest BCUT2D eigenvalue weighted by molar-refractivity contribution is 0.661. The lowest BCUT2D eigenvalue weighted by atomic mass is 9.82. The van der Waals surface area contributed by atoms with E-state index in [4.69, 9.17) is 0 Å². The minimum Gasteiger partial charge on any atom is -0.318 e. The van der Waals surface area contributed by atoms with Crippen LogP contribution in [-0.2, 0) is 16.2 Å². The maximum Gasteiger partial charge on any atom is 0.236 e. The smallest absolute Gasteiger partial charge is 0.236 e. The normalized spacial score (nSPS) is 14.8. The lowest BCUT2D eigenvalue weighted by Gasteiger charge is -2.25. The molecule has 3 aliphatic carbocycles. The molecule has 0 aliphatic heterocycles. The number of benzene rings is 10. The first-order chi connectivity index (χ1) is 37.9. The Bertz CT molecular complexity index is 4570. The van der Waals surface area contributed by atoms with Crippen molar-refractivity contribution in [3.05, 3.63) is 238 Å². The van der Waals surface area contributed by atoms with Gasteiger partial charge < -0.3 is 13.7 Å². The van der Waals surface area contributed by atoms with E-state index in [1.807, 2.05) is 18.2 Å². The number of aromatic nitrogens is 3. The molecule has 0 radical (unpaired) electrons. The molecular formula is C72H48N6. The highest BCUT2D eigenvalue weighted by atomic mass is 15.1. The zero-order valence-electron chi connectivity index (χ0n) is 44.0. The Morgan fingerprint density at radius 3 is 0.949 bits per heavy atom. The SMILES string of the molecule is [C-]#[N+]c1c(-n2c3ccccc3c3cc4c(cc32)C(C)(C)c2ccccc2-4)c(C#N)c(-n2c3ccccc3c3cc4c(cc32)C(C)(C)c2ccccc2-4)c(C#N)c1-n1c2ccccc2c2cc3c(cc21)C(C)(C)c1ccccc1-3. The van der Waals surface area contributed by atoms with E-state index in [1.54, 1.807) is 0 Å². The molecule has 0 amide bonds. The van der Waals surface area contributed by atoms with Crippen LogP contribution in [0.3, 0.4) is 0 Å². The van der Waals surface area contributed by atoms with Crippen LogP contribution in [-0.4, -0.2) is 13.7 Å². The van der Waals surface area contributed by atoms with Crippen LogP contribution in [0.2, 0.25) is 0 Å². The fourth-order valence-electron chi connectivity index (χ4n) is 14.9. The van der Waals surface area contributed by atoms with E-state index in [-0.39, 0.29) is 33.1 Å². The van der Waals surface area contributed by atoms with E-state index < -0.39 is 0 Å². The van der Waals surface area contributed by atoms with E-state index in [0.29, 0.717) is 17.1 Å². The first kappa shape index (κ1) is 44.4. The topological polar surface area (TPSA) is 66.7 Å².